The first-order chi connectivity index (χ1) is 20.6. The molecule has 0 saturated carbocycles. The third kappa shape index (κ3) is 10.4. The number of epoxide rings is 1. The van der Waals surface area contributed by atoms with Crippen molar-refractivity contribution in [1.82, 2.24) is 0 Å². The van der Waals surface area contributed by atoms with E-state index in [1.54, 1.807) is 81.5 Å². The Morgan fingerprint density at radius 1 is 1.25 bits per heavy atom. The number of esters is 2. The molecule has 2 heterocycles. The van der Waals surface area contributed by atoms with Crippen molar-refractivity contribution in [2.24, 2.45) is 11.8 Å². The number of ether oxygens (including phenoxy) is 3. The van der Waals surface area contributed by atoms with Crippen LogP contribution in [0.15, 0.2) is 66.3 Å². The van der Waals surface area contributed by atoms with Crippen molar-refractivity contribution in [3.05, 3.63) is 71.8 Å². The van der Waals surface area contributed by atoms with Crippen LogP contribution in [0.5, 0.6) is 0 Å². The first-order valence-corrected chi connectivity index (χ1v) is 15.6. The SMILES string of the molecule is CCC(O)C(C)C1OC1CC(C)(O)C=CC=C(C)C1OC(=O)CC(O)CCC(C)(O)C(OC(=O)c2ccccc2)C=CC1C. The lowest BCUT2D eigenvalue weighted by atomic mass is 9.88. The molecule has 1 saturated heterocycles. The summed E-state index contributed by atoms with van der Waals surface area (Å²) in [7, 11) is 0. The first kappa shape index (κ1) is 35.7. The van der Waals surface area contributed by atoms with Crippen LogP contribution in [0.3, 0.4) is 0 Å². The van der Waals surface area contributed by atoms with Crippen LogP contribution in [0.25, 0.3) is 0 Å². The van der Waals surface area contributed by atoms with Crippen molar-refractivity contribution >= 4 is 11.9 Å². The molecule has 10 atom stereocenters. The normalized spacial score (nSPS) is 33.0. The molecule has 2 aliphatic heterocycles. The zero-order valence-corrected chi connectivity index (χ0v) is 26.8. The Kier molecular flexibility index (Phi) is 12.5. The van der Waals surface area contributed by atoms with Gasteiger partial charge >= 0.3 is 11.9 Å². The number of hydrogen-bond acceptors (Lipinski definition) is 9. The van der Waals surface area contributed by atoms with E-state index in [-0.39, 0.29) is 43.3 Å². The van der Waals surface area contributed by atoms with E-state index in [1.807, 2.05) is 20.8 Å². The minimum Gasteiger partial charge on any atom is -0.457 e. The molecule has 3 rings (SSSR count). The van der Waals surface area contributed by atoms with Gasteiger partial charge in [-0.15, -0.1) is 0 Å². The van der Waals surface area contributed by atoms with Gasteiger partial charge in [-0.3, -0.25) is 4.79 Å². The molecule has 0 bridgehead atoms. The van der Waals surface area contributed by atoms with Crippen LogP contribution in [0.2, 0.25) is 0 Å². The summed E-state index contributed by atoms with van der Waals surface area (Å²) in [6, 6.07) is 8.50. The summed E-state index contributed by atoms with van der Waals surface area (Å²) < 4.78 is 17.3. The fourth-order valence-electron chi connectivity index (χ4n) is 5.56. The fourth-order valence-corrected chi connectivity index (χ4v) is 5.56. The fraction of sp³-hybridized carbons (Fsp3) is 0.600. The van der Waals surface area contributed by atoms with Crippen LogP contribution in [0.4, 0.5) is 0 Å². The highest BCUT2D eigenvalue weighted by molar-refractivity contribution is 5.89. The van der Waals surface area contributed by atoms with Gasteiger partial charge in [-0.2, -0.15) is 0 Å². The molecular weight excluding hydrogens is 564 g/mol. The van der Waals surface area contributed by atoms with Gasteiger partial charge in [0.25, 0.3) is 0 Å². The van der Waals surface area contributed by atoms with Crippen molar-refractivity contribution in [2.45, 2.75) is 121 Å². The molecule has 1 aromatic carbocycles. The quantitative estimate of drug-likeness (QED) is 0.130. The van der Waals surface area contributed by atoms with E-state index < -0.39 is 47.6 Å². The van der Waals surface area contributed by atoms with Crippen molar-refractivity contribution in [2.75, 3.05) is 0 Å². The van der Waals surface area contributed by atoms with Gasteiger partial charge in [0.1, 0.15) is 17.8 Å². The number of carbonyl (C=O) groups excluding carboxylic acids is 2. The molecule has 44 heavy (non-hydrogen) atoms. The lowest BCUT2D eigenvalue weighted by Gasteiger charge is -2.32. The van der Waals surface area contributed by atoms with Crippen molar-refractivity contribution in [3.8, 4) is 0 Å². The zero-order chi connectivity index (χ0) is 32.7. The van der Waals surface area contributed by atoms with Crippen LogP contribution < -0.4 is 0 Å². The molecule has 1 fully saturated rings. The molecule has 9 nitrogen and oxygen atoms in total. The molecule has 0 spiro atoms. The van der Waals surface area contributed by atoms with Gasteiger partial charge < -0.3 is 34.6 Å². The van der Waals surface area contributed by atoms with Gasteiger partial charge in [-0.05, 0) is 63.8 Å². The van der Waals surface area contributed by atoms with E-state index in [0.29, 0.717) is 24.0 Å². The Labute approximate surface area is 261 Å². The minimum atomic E-state index is -1.50. The standard InChI is InChI=1S/C35H50O9/c1-7-27(37)24(4)32-28(42-32)21-34(5,40)18-11-12-22(2)31-23(3)15-16-29(43-33(39)25-13-9-8-10-14-25)35(6,41)19-17-26(36)20-30(38)44-31/h8-16,18,23-24,26-29,31-32,36-37,40-41H,7,17,19-21H2,1-6H3. The highest BCUT2D eigenvalue weighted by Crippen LogP contribution is 2.37. The van der Waals surface area contributed by atoms with Crippen LogP contribution >= 0.6 is 0 Å². The number of cyclic esters (lactones) is 1. The molecule has 244 valence electrons. The highest BCUT2D eigenvalue weighted by Gasteiger charge is 2.47. The van der Waals surface area contributed by atoms with Gasteiger partial charge in [0.05, 0.1) is 42.0 Å². The van der Waals surface area contributed by atoms with Crippen LogP contribution in [0.1, 0.15) is 84.0 Å². The number of hydrogen-bond donors (Lipinski definition) is 4. The topological polar surface area (TPSA) is 146 Å². The Bertz CT molecular complexity index is 1190. The Balaban J connectivity index is 1.77. The van der Waals surface area contributed by atoms with E-state index in [1.165, 1.54) is 0 Å². The van der Waals surface area contributed by atoms with Crippen LogP contribution in [-0.2, 0) is 19.0 Å². The maximum absolute atomic E-state index is 12.9. The van der Waals surface area contributed by atoms with E-state index >= 15 is 0 Å². The predicted octanol–water partition coefficient (Wildman–Crippen LogP) is 4.43. The molecule has 0 radical (unpaired) electrons. The first-order valence-electron chi connectivity index (χ1n) is 15.6. The lowest BCUT2D eigenvalue weighted by molar-refractivity contribution is -0.151. The molecule has 9 heteroatoms. The monoisotopic (exact) mass is 614 g/mol. The van der Waals surface area contributed by atoms with E-state index in [4.69, 9.17) is 14.2 Å². The summed E-state index contributed by atoms with van der Waals surface area (Å²) in [5, 5.41) is 42.9. The summed E-state index contributed by atoms with van der Waals surface area (Å²) in [5.41, 5.74) is -1.62. The molecule has 1 aromatic rings. The second-order valence-corrected chi connectivity index (χ2v) is 12.9. The largest absolute Gasteiger partial charge is 0.457 e. The Morgan fingerprint density at radius 2 is 1.93 bits per heavy atom. The number of aliphatic hydroxyl groups is 4. The van der Waals surface area contributed by atoms with E-state index in [0.717, 1.165) is 0 Å². The number of benzene rings is 1. The Hall–Kier alpha value is -2.82. The summed E-state index contributed by atoms with van der Waals surface area (Å²) in [6.45, 7) is 10.8. The molecule has 0 aromatic heterocycles. The molecular formula is C35H50O9. The molecule has 4 N–H and O–H groups in total. The van der Waals surface area contributed by atoms with Crippen LogP contribution in [-0.4, -0.2) is 80.2 Å². The van der Waals surface area contributed by atoms with Gasteiger partial charge in [0.2, 0.25) is 0 Å². The van der Waals surface area contributed by atoms with Gasteiger partial charge in [0, 0.05) is 18.3 Å². The van der Waals surface area contributed by atoms with E-state index in [2.05, 4.69) is 0 Å². The second kappa shape index (κ2) is 15.5. The van der Waals surface area contributed by atoms with Gasteiger partial charge in [0.15, 0.2) is 0 Å². The highest BCUT2D eigenvalue weighted by atomic mass is 16.6. The minimum absolute atomic E-state index is 0.0130. The molecule has 0 aliphatic carbocycles. The number of carbonyl (C=O) groups is 2. The summed E-state index contributed by atoms with van der Waals surface area (Å²) in [6.07, 6.45) is 6.00. The molecule has 10 unspecified atom stereocenters. The third-order valence-corrected chi connectivity index (χ3v) is 8.61. The van der Waals surface area contributed by atoms with E-state index in [9.17, 15) is 30.0 Å². The Morgan fingerprint density at radius 3 is 2.59 bits per heavy atom. The average Bonchev–Trinajstić information content (AvgIpc) is 3.73. The second-order valence-electron chi connectivity index (χ2n) is 12.9. The van der Waals surface area contributed by atoms with Crippen molar-refractivity contribution < 1.29 is 44.2 Å². The average molecular weight is 615 g/mol. The van der Waals surface area contributed by atoms with Crippen molar-refractivity contribution in [3.63, 3.8) is 0 Å². The summed E-state index contributed by atoms with van der Waals surface area (Å²) in [4.78, 5) is 25.6. The lowest BCUT2D eigenvalue weighted by Crippen LogP contribution is -2.42. The smallest absolute Gasteiger partial charge is 0.338 e. The predicted molar refractivity (Wildman–Crippen MR) is 167 cm³/mol. The number of rotatable bonds is 10. The van der Waals surface area contributed by atoms with Gasteiger partial charge in [-0.1, -0.05) is 63.3 Å². The molecule has 2 aliphatic rings. The van der Waals surface area contributed by atoms with Crippen molar-refractivity contribution in [1.29, 1.82) is 0 Å². The number of aliphatic hydroxyl groups excluding tert-OH is 2. The summed E-state index contributed by atoms with van der Waals surface area (Å²) in [5.74, 6) is -1.56. The van der Waals surface area contributed by atoms with Crippen LogP contribution in [0, 0.1) is 11.8 Å². The third-order valence-electron chi connectivity index (χ3n) is 8.61. The summed E-state index contributed by atoms with van der Waals surface area (Å²) >= 11 is 0. The van der Waals surface area contributed by atoms with Gasteiger partial charge in [-0.25, -0.2) is 4.79 Å². The zero-order valence-electron chi connectivity index (χ0n) is 26.8. The maximum Gasteiger partial charge on any atom is 0.338 e. The number of allylic oxidation sites excluding steroid dienone is 2. The maximum atomic E-state index is 12.9. The molecule has 0 amide bonds.